The van der Waals surface area contributed by atoms with Crippen molar-refractivity contribution in [1.82, 2.24) is 14.4 Å². The number of benzene rings is 2. The van der Waals surface area contributed by atoms with Crippen LogP contribution in [0, 0.1) is 13.8 Å². The van der Waals surface area contributed by atoms with E-state index in [0.717, 1.165) is 40.2 Å². The number of rotatable bonds is 7. The number of hydrogen-bond donors (Lipinski definition) is 2. The van der Waals surface area contributed by atoms with Gasteiger partial charge in [-0.1, -0.05) is 37.3 Å². The number of fused-ring (bicyclic) bond motifs is 1. The molecule has 0 saturated heterocycles. The summed E-state index contributed by atoms with van der Waals surface area (Å²) in [4.78, 5) is 20.6. The molecule has 0 unspecified atom stereocenters. The molecule has 2 aromatic heterocycles. The summed E-state index contributed by atoms with van der Waals surface area (Å²) in [6.07, 6.45) is 4.41. The van der Waals surface area contributed by atoms with E-state index in [-0.39, 0.29) is 6.61 Å². The van der Waals surface area contributed by atoms with E-state index >= 15 is 0 Å². The van der Waals surface area contributed by atoms with Crippen LogP contribution in [0.4, 0.5) is 11.5 Å². The van der Waals surface area contributed by atoms with Crippen LogP contribution in [0.25, 0.3) is 17.0 Å². The molecular weight excluding hydrogens is 390 g/mol. The van der Waals surface area contributed by atoms with Gasteiger partial charge in [-0.3, -0.25) is 9.20 Å². The van der Waals surface area contributed by atoms with E-state index in [4.69, 9.17) is 15.5 Å². The molecule has 2 aromatic carbocycles. The van der Waals surface area contributed by atoms with Crippen LogP contribution in [0.3, 0.4) is 0 Å². The van der Waals surface area contributed by atoms with Gasteiger partial charge < -0.3 is 15.8 Å². The summed E-state index contributed by atoms with van der Waals surface area (Å²) < 4.78 is 7.69. The van der Waals surface area contributed by atoms with Gasteiger partial charge in [0.2, 0.25) is 5.78 Å². The number of anilines is 2. The molecule has 0 aliphatic rings. The van der Waals surface area contributed by atoms with Crippen molar-refractivity contribution in [3.05, 3.63) is 71.5 Å². The van der Waals surface area contributed by atoms with Crippen molar-refractivity contribution in [2.45, 2.75) is 27.2 Å². The Bertz CT molecular complexity index is 1240. The number of nitrogens with one attached hydrogen (secondary N) is 1. The predicted octanol–water partition coefficient (Wildman–Crippen LogP) is 4.18. The maximum absolute atomic E-state index is 11.4. The van der Waals surface area contributed by atoms with Crippen LogP contribution in [0.1, 0.15) is 23.6 Å². The highest BCUT2D eigenvalue weighted by atomic mass is 16.5. The summed E-state index contributed by atoms with van der Waals surface area (Å²) in [6, 6.07) is 13.8. The molecular formula is C24H25N5O2. The normalized spacial score (nSPS) is 10.9. The van der Waals surface area contributed by atoms with Crippen LogP contribution in [-0.2, 0) is 11.2 Å². The SMILES string of the molecule is CCc1cccc(OCC(N)=O)c1-c1nc2ncccn2c1Nc1c(C)cccc1C. The molecule has 7 heteroatoms. The predicted molar refractivity (Wildman–Crippen MR) is 122 cm³/mol. The highest BCUT2D eigenvalue weighted by molar-refractivity contribution is 5.85. The number of imidazole rings is 1. The number of hydrogen-bond acceptors (Lipinski definition) is 5. The molecule has 0 bridgehead atoms. The molecule has 0 aliphatic carbocycles. The van der Waals surface area contributed by atoms with Gasteiger partial charge in [0, 0.05) is 23.6 Å². The second-order valence-corrected chi connectivity index (χ2v) is 7.39. The fourth-order valence-corrected chi connectivity index (χ4v) is 3.72. The fourth-order valence-electron chi connectivity index (χ4n) is 3.72. The lowest BCUT2D eigenvalue weighted by Gasteiger charge is -2.17. The van der Waals surface area contributed by atoms with Gasteiger partial charge in [0.1, 0.15) is 17.3 Å². The van der Waals surface area contributed by atoms with Crippen molar-refractivity contribution in [2.24, 2.45) is 5.73 Å². The average molecular weight is 415 g/mol. The minimum Gasteiger partial charge on any atom is -0.483 e. The molecule has 0 saturated carbocycles. The number of nitrogens with zero attached hydrogens (tertiary/aromatic N) is 3. The van der Waals surface area contributed by atoms with Gasteiger partial charge in [0.15, 0.2) is 6.61 Å². The molecule has 0 radical (unpaired) electrons. The zero-order chi connectivity index (χ0) is 22.0. The number of carbonyl (C=O) groups excluding carboxylic acids is 1. The fraction of sp³-hybridized carbons (Fsp3) is 0.208. The third kappa shape index (κ3) is 3.94. The summed E-state index contributed by atoms with van der Waals surface area (Å²) in [7, 11) is 0. The first-order chi connectivity index (χ1) is 15.0. The Morgan fingerprint density at radius 2 is 1.87 bits per heavy atom. The van der Waals surface area contributed by atoms with Crippen molar-refractivity contribution >= 4 is 23.2 Å². The highest BCUT2D eigenvalue weighted by Gasteiger charge is 2.22. The second-order valence-electron chi connectivity index (χ2n) is 7.39. The van der Waals surface area contributed by atoms with Gasteiger partial charge in [0.05, 0.1) is 0 Å². The maximum Gasteiger partial charge on any atom is 0.255 e. The van der Waals surface area contributed by atoms with E-state index in [1.165, 1.54) is 0 Å². The van der Waals surface area contributed by atoms with E-state index in [1.54, 1.807) is 6.20 Å². The van der Waals surface area contributed by atoms with Crippen LogP contribution in [0.15, 0.2) is 54.9 Å². The number of primary amides is 1. The lowest BCUT2D eigenvalue weighted by atomic mass is 10.0. The van der Waals surface area contributed by atoms with Crippen molar-refractivity contribution in [3.63, 3.8) is 0 Å². The lowest BCUT2D eigenvalue weighted by Crippen LogP contribution is -2.20. The molecule has 0 fully saturated rings. The smallest absolute Gasteiger partial charge is 0.255 e. The first-order valence-corrected chi connectivity index (χ1v) is 10.2. The van der Waals surface area contributed by atoms with Crippen LogP contribution in [-0.4, -0.2) is 26.9 Å². The van der Waals surface area contributed by atoms with E-state index < -0.39 is 5.91 Å². The van der Waals surface area contributed by atoms with Crippen LogP contribution in [0.5, 0.6) is 5.75 Å². The van der Waals surface area contributed by atoms with E-state index in [1.807, 2.05) is 40.9 Å². The monoisotopic (exact) mass is 415 g/mol. The molecule has 158 valence electrons. The van der Waals surface area contributed by atoms with Gasteiger partial charge in [-0.2, -0.15) is 0 Å². The number of para-hydroxylation sites is 1. The topological polar surface area (TPSA) is 94.5 Å². The first-order valence-electron chi connectivity index (χ1n) is 10.2. The number of aryl methyl sites for hydroxylation is 3. The van der Waals surface area contributed by atoms with Crippen LogP contribution in [0.2, 0.25) is 0 Å². The minimum absolute atomic E-state index is 0.203. The van der Waals surface area contributed by atoms with Crippen molar-refractivity contribution < 1.29 is 9.53 Å². The number of nitrogens with two attached hydrogens (primary N) is 1. The summed E-state index contributed by atoms with van der Waals surface area (Å²) in [5.74, 6) is 1.38. The molecule has 2 heterocycles. The standard InChI is InChI=1S/C24H25N5O2/c1-4-17-10-6-11-18(31-14-19(25)30)20(17)22-23(29-13-7-12-26-24(29)28-22)27-21-15(2)8-5-9-16(21)3/h5-13,27H,4,14H2,1-3H3,(H2,25,30). The maximum atomic E-state index is 11.4. The molecule has 7 nitrogen and oxygen atoms in total. The van der Waals surface area contributed by atoms with Gasteiger partial charge in [0.25, 0.3) is 5.91 Å². The zero-order valence-corrected chi connectivity index (χ0v) is 17.8. The van der Waals surface area contributed by atoms with Gasteiger partial charge in [-0.05, 0) is 49.1 Å². The minimum atomic E-state index is -0.529. The zero-order valence-electron chi connectivity index (χ0n) is 17.8. The largest absolute Gasteiger partial charge is 0.483 e. The van der Waals surface area contributed by atoms with Crippen LogP contribution >= 0.6 is 0 Å². The summed E-state index contributed by atoms with van der Waals surface area (Å²) in [6.45, 7) is 6.00. The van der Waals surface area contributed by atoms with E-state index in [0.29, 0.717) is 17.2 Å². The van der Waals surface area contributed by atoms with Crippen molar-refractivity contribution in [2.75, 3.05) is 11.9 Å². The Kier molecular flexibility index (Phi) is 5.58. The Hall–Kier alpha value is -3.87. The molecule has 3 N–H and O–H groups in total. The number of ether oxygens (including phenoxy) is 1. The molecule has 4 rings (SSSR count). The lowest BCUT2D eigenvalue weighted by molar-refractivity contribution is -0.119. The second kappa shape index (κ2) is 8.47. The molecule has 31 heavy (non-hydrogen) atoms. The van der Waals surface area contributed by atoms with Gasteiger partial charge >= 0.3 is 0 Å². The summed E-state index contributed by atoms with van der Waals surface area (Å²) >= 11 is 0. The number of amides is 1. The van der Waals surface area contributed by atoms with Gasteiger partial charge in [-0.25, -0.2) is 9.97 Å². The molecule has 1 amide bonds. The third-order valence-corrected chi connectivity index (χ3v) is 5.23. The summed E-state index contributed by atoms with van der Waals surface area (Å²) in [5, 5.41) is 3.59. The quantitative estimate of drug-likeness (QED) is 0.472. The van der Waals surface area contributed by atoms with Crippen LogP contribution < -0.4 is 15.8 Å². The first kappa shape index (κ1) is 20.4. The average Bonchev–Trinajstić information content (AvgIpc) is 3.12. The molecule has 4 aromatic rings. The molecule has 0 spiro atoms. The number of carbonyl (C=O) groups is 1. The van der Waals surface area contributed by atoms with E-state index in [9.17, 15) is 4.79 Å². The molecule has 0 aliphatic heterocycles. The Morgan fingerprint density at radius 1 is 1.13 bits per heavy atom. The highest BCUT2D eigenvalue weighted by Crippen LogP contribution is 2.39. The Morgan fingerprint density at radius 3 is 2.58 bits per heavy atom. The Balaban J connectivity index is 1.95. The summed E-state index contributed by atoms with van der Waals surface area (Å²) in [5.41, 5.74) is 11.2. The third-order valence-electron chi connectivity index (χ3n) is 5.23. The Labute approximate surface area is 180 Å². The number of aromatic nitrogens is 3. The molecule has 0 atom stereocenters. The van der Waals surface area contributed by atoms with Crippen molar-refractivity contribution in [3.8, 4) is 17.0 Å². The van der Waals surface area contributed by atoms with E-state index in [2.05, 4.69) is 43.2 Å². The van der Waals surface area contributed by atoms with Gasteiger partial charge in [-0.15, -0.1) is 0 Å². The van der Waals surface area contributed by atoms with Crippen molar-refractivity contribution in [1.29, 1.82) is 0 Å².